The first-order valence-corrected chi connectivity index (χ1v) is 12.7. The summed E-state index contributed by atoms with van der Waals surface area (Å²) in [6.45, 7) is 6.48. The summed E-state index contributed by atoms with van der Waals surface area (Å²) < 4.78 is 42.7. The fourth-order valence-corrected chi connectivity index (χ4v) is 5.23. The first-order chi connectivity index (χ1) is 16.2. The van der Waals surface area contributed by atoms with Gasteiger partial charge in [-0.15, -0.1) is 0 Å². The minimum absolute atomic E-state index is 0.127. The van der Waals surface area contributed by atoms with Crippen molar-refractivity contribution in [2.75, 3.05) is 22.7 Å². The van der Waals surface area contributed by atoms with Gasteiger partial charge in [-0.3, -0.25) is 9.62 Å². The van der Waals surface area contributed by atoms with Crippen molar-refractivity contribution in [2.45, 2.75) is 38.1 Å². The van der Waals surface area contributed by atoms with E-state index >= 15 is 0 Å². The molecule has 0 aromatic heterocycles. The van der Waals surface area contributed by atoms with Crippen LogP contribution in [0.2, 0.25) is 0 Å². The molecule has 0 bridgehead atoms. The summed E-state index contributed by atoms with van der Waals surface area (Å²) in [6.07, 6.45) is 0.742. The molecule has 1 heterocycles. The second-order valence-electron chi connectivity index (χ2n) is 8.60. The highest BCUT2D eigenvalue weighted by atomic mass is 32.2. The first kappa shape index (κ1) is 23.8. The number of urea groups is 1. The van der Waals surface area contributed by atoms with E-state index in [1.54, 1.807) is 28.9 Å². The summed E-state index contributed by atoms with van der Waals surface area (Å²) in [5.41, 5.74) is 2.97. The molecule has 2 amide bonds. The second kappa shape index (κ2) is 9.46. The van der Waals surface area contributed by atoms with Gasteiger partial charge in [0.1, 0.15) is 5.82 Å². The second-order valence-corrected chi connectivity index (χ2v) is 10.3. The summed E-state index contributed by atoms with van der Waals surface area (Å²) in [7, 11) is -4.06. The van der Waals surface area contributed by atoms with E-state index in [2.05, 4.69) is 4.72 Å². The van der Waals surface area contributed by atoms with E-state index in [0.717, 1.165) is 23.6 Å². The maximum Gasteiger partial charge on any atom is 0.325 e. The monoisotopic (exact) mass is 481 g/mol. The molecule has 0 saturated carbocycles. The zero-order valence-corrected chi connectivity index (χ0v) is 20.3. The Hall–Kier alpha value is -3.39. The Bertz CT molecular complexity index is 1310. The molecule has 6 nitrogen and oxygen atoms in total. The molecular formula is C26H28FN3O3S. The van der Waals surface area contributed by atoms with Crippen molar-refractivity contribution in [1.29, 1.82) is 0 Å². The fourth-order valence-electron chi connectivity index (χ4n) is 4.15. The standard InChI is InChI=1S/C26H28FN3O3S/c1-18-10-13-25(24(16-18)28-34(32,33)22-12-11-19(2)23(27)17-22)30-15-7-14-29(26(30)31)20(3)21-8-5-4-6-9-21/h4-6,8-13,16-17,20,28H,7,14-15H2,1-3H3/t20-/m0/s1. The summed E-state index contributed by atoms with van der Waals surface area (Å²) in [4.78, 5) is 16.8. The number of nitrogens with one attached hydrogen (secondary N) is 1. The summed E-state index contributed by atoms with van der Waals surface area (Å²) in [6, 6.07) is 18.6. The number of amides is 2. The Morgan fingerprint density at radius 1 is 0.971 bits per heavy atom. The number of hydrogen-bond acceptors (Lipinski definition) is 3. The molecule has 1 aliphatic heterocycles. The Balaban J connectivity index is 1.66. The number of anilines is 2. The van der Waals surface area contributed by atoms with E-state index in [4.69, 9.17) is 0 Å². The largest absolute Gasteiger partial charge is 0.325 e. The molecule has 4 rings (SSSR count). The number of aryl methyl sites for hydroxylation is 2. The molecule has 0 unspecified atom stereocenters. The van der Waals surface area contributed by atoms with E-state index in [0.29, 0.717) is 24.3 Å². The highest BCUT2D eigenvalue weighted by Gasteiger charge is 2.32. The van der Waals surface area contributed by atoms with Crippen LogP contribution < -0.4 is 9.62 Å². The minimum atomic E-state index is -4.06. The summed E-state index contributed by atoms with van der Waals surface area (Å²) in [5, 5.41) is 0. The van der Waals surface area contributed by atoms with Crippen LogP contribution in [0.4, 0.5) is 20.6 Å². The van der Waals surface area contributed by atoms with Crippen molar-refractivity contribution in [1.82, 2.24) is 4.90 Å². The number of nitrogens with zero attached hydrogens (tertiary/aromatic N) is 2. The van der Waals surface area contributed by atoms with Crippen molar-refractivity contribution < 1.29 is 17.6 Å². The van der Waals surface area contributed by atoms with Gasteiger partial charge in [0.25, 0.3) is 10.0 Å². The van der Waals surface area contributed by atoms with Gasteiger partial charge in [0.15, 0.2) is 0 Å². The maximum absolute atomic E-state index is 14.0. The molecule has 3 aromatic carbocycles. The van der Waals surface area contributed by atoms with Gasteiger partial charge >= 0.3 is 6.03 Å². The Kier molecular flexibility index (Phi) is 6.61. The quantitative estimate of drug-likeness (QED) is 0.496. The van der Waals surface area contributed by atoms with Gasteiger partial charge in [-0.2, -0.15) is 0 Å². The topological polar surface area (TPSA) is 69.7 Å². The molecule has 1 atom stereocenters. The molecule has 0 aliphatic carbocycles. The van der Waals surface area contributed by atoms with Crippen molar-refractivity contribution >= 4 is 27.4 Å². The molecule has 8 heteroatoms. The highest BCUT2D eigenvalue weighted by molar-refractivity contribution is 7.92. The van der Waals surface area contributed by atoms with Gasteiger partial charge in [0, 0.05) is 13.1 Å². The fraction of sp³-hybridized carbons (Fsp3) is 0.269. The lowest BCUT2D eigenvalue weighted by atomic mass is 10.1. The number of sulfonamides is 1. The van der Waals surface area contributed by atoms with Crippen LogP contribution >= 0.6 is 0 Å². The van der Waals surface area contributed by atoms with Crippen LogP contribution in [0, 0.1) is 19.7 Å². The molecular weight excluding hydrogens is 453 g/mol. The van der Waals surface area contributed by atoms with E-state index in [9.17, 15) is 17.6 Å². The number of carbonyl (C=O) groups excluding carboxylic acids is 1. The van der Waals surface area contributed by atoms with Gasteiger partial charge in [0.05, 0.1) is 22.3 Å². The zero-order chi connectivity index (χ0) is 24.5. The molecule has 0 radical (unpaired) electrons. The Labute approximate surface area is 200 Å². The number of halogens is 1. The Morgan fingerprint density at radius 3 is 2.41 bits per heavy atom. The van der Waals surface area contributed by atoms with Crippen LogP contribution in [0.3, 0.4) is 0 Å². The van der Waals surface area contributed by atoms with Gasteiger partial charge in [-0.05, 0) is 68.1 Å². The Morgan fingerprint density at radius 2 is 1.71 bits per heavy atom. The average molecular weight is 482 g/mol. The molecule has 178 valence electrons. The van der Waals surface area contributed by atoms with E-state index in [1.165, 1.54) is 12.1 Å². The molecule has 1 aliphatic rings. The molecule has 1 saturated heterocycles. The van der Waals surface area contributed by atoms with E-state index in [1.807, 2.05) is 50.2 Å². The van der Waals surface area contributed by atoms with Gasteiger partial charge in [-0.1, -0.05) is 42.5 Å². The predicted molar refractivity (Wildman–Crippen MR) is 132 cm³/mol. The summed E-state index contributed by atoms with van der Waals surface area (Å²) >= 11 is 0. The van der Waals surface area contributed by atoms with Crippen molar-refractivity contribution in [3.8, 4) is 0 Å². The van der Waals surface area contributed by atoms with Crippen LogP contribution in [-0.4, -0.2) is 32.4 Å². The zero-order valence-electron chi connectivity index (χ0n) is 19.5. The minimum Gasteiger partial charge on any atom is -0.318 e. The van der Waals surface area contributed by atoms with Gasteiger partial charge in [-0.25, -0.2) is 17.6 Å². The average Bonchev–Trinajstić information content (AvgIpc) is 2.81. The van der Waals surface area contributed by atoms with E-state index < -0.39 is 15.8 Å². The normalized spacial score (nSPS) is 15.4. The maximum atomic E-state index is 14.0. The van der Waals surface area contributed by atoms with Crippen LogP contribution in [0.5, 0.6) is 0 Å². The predicted octanol–water partition coefficient (Wildman–Crippen LogP) is 5.64. The molecule has 1 N–H and O–H groups in total. The van der Waals surface area contributed by atoms with Crippen molar-refractivity contribution in [3.05, 3.63) is 89.2 Å². The first-order valence-electron chi connectivity index (χ1n) is 11.2. The molecule has 3 aromatic rings. The lowest BCUT2D eigenvalue weighted by Crippen LogP contribution is -2.50. The lowest BCUT2D eigenvalue weighted by molar-refractivity contribution is 0.175. The third-order valence-corrected chi connectivity index (χ3v) is 7.51. The van der Waals surface area contributed by atoms with Crippen molar-refractivity contribution in [2.24, 2.45) is 0 Å². The molecule has 34 heavy (non-hydrogen) atoms. The molecule has 0 spiro atoms. The number of rotatable bonds is 6. The number of benzene rings is 3. The number of hydrogen-bond donors (Lipinski definition) is 1. The highest BCUT2D eigenvalue weighted by Crippen LogP contribution is 2.34. The SMILES string of the molecule is Cc1ccc(N2CCCN([C@@H](C)c3ccccc3)C2=O)c(NS(=O)(=O)c2ccc(C)c(F)c2)c1. The van der Waals surface area contributed by atoms with Crippen LogP contribution in [0.1, 0.15) is 36.1 Å². The van der Waals surface area contributed by atoms with Crippen LogP contribution in [0.15, 0.2) is 71.6 Å². The van der Waals surface area contributed by atoms with Crippen LogP contribution in [0.25, 0.3) is 0 Å². The number of carbonyl (C=O) groups is 1. The third kappa shape index (κ3) is 4.77. The van der Waals surface area contributed by atoms with Crippen LogP contribution in [-0.2, 0) is 10.0 Å². The lowest BCUT2D eigenvalue weighted by Gasteiger charge is -2.39. The third-order valence-electron chi connectivity index (χ3n) is 6.15. The smallest absolute Gasteiger partial charge is 0.318 e. The summed E-state index contributed by atoms with van der Waals surface area (Å²) in [5.74, 6) is -0.593. The van der Waals surface area contributed by atoms with Gasteiger partial charge < -0.3 is 4.90 Å². The van der Waals surface area contributed by atoms with Gasteiger partial charge in [0.2, 0.25) is 0 Å². The molecule has 1 fully saturated rings. The van der Waals surface area contributed by atoms with Crippen molar-refractivity contribution in [3.63, 3.8) is 0 Å². The van der Waals surface area contributed by atoms with E-state index in [-0.39, 0.29) is 22.7 Å².